The molecule has 0 unspecified atom stereocenters. The van der Waals surface area contributed by atoms with Gasteiger partial charge in [0.1, 0.15) is 6.54 Å². The maximum Gasteiger partial charge on any atom is 0.244 e. The summed E-state index contributed by atoms with van der Waals surface area (Å²) in [6.07, 6.45) is 6.11. The topological polar surface area (TPSA) is 66.5 Å². The van der Waals surface area contributed by atoms with Crippen molar-refractivity contribution in [1.82, 2.24) is 4.90 Å². The predicted octanol–water partition coefficient (Wildman–Crippen LogP) is 3.09. The standard InChI is InChI=1S/C20H24N2O3/c1-3-13(2)14-8-10-15(11-9-14)21-18(23)12-22-19(24)16-6-4-5-7-17(16)20(22)25/h4-5,8-11,13,16-17H,3,6-7,12H2,1-2H3,(H,21,23)/t13-,16+,17+/m1/s1. The second kappa shape index (κ2) is 7.21. The zero-order valence-electron chi connectivity index (χ0n) is 14.7. The first kappa shape index (κ1) is 17.4. The van der Waals surface area contributed by atoms with E-state index in [0.717, 1.165) is 11.3 Å². The van der Waals surface area contributed by atoms with Crippen LogP contribution in [0.4, 0.5) is 5.69 Å². The second-order valence-electron chi connectivity index (χ2n) is 6.90. The second-order valence-corrected chi connectivity index (χ2v) is 6.90. The van der Waals surface area contributed by atoms with Crippen LogP contribution in [0.5, 0.6) is 0 Å². The number of nitrogens with zero attached hydrogens (tertiary/aromatic N) is 1. The van der Waals surface area contributed by atoms with Crippen LogP contribution >= 0.6 is 0 Å². The molecule has 0 saturated carbocycles. The van der Waals surface area contributed by atoms with Crippen molar-refractivity contribution < 1.29 is 14.4 Å². The van der Waals surface area contributed by atoms with Gasteiger partial charge in [0.25, 0.3) is 0 Å². The third-order valence-corrected chi connectivity index (χ3v) is 5.28. The minimum atomic E-state index is -0.343. The SMILES string of the molecule is CC[C@@H](C)c1ccc(NC(=O)CN2C(=O)[C@H]3CC=CC[C@@H]3C2=O)cc1. The van der Waals surface area contributed by atoms with E-state index in [0.29, 0.717) is 24.4 Å². The maximum atomic E-state index is 12.4. The Morgan fingerprint density at radius 2 is 1.68 bits per heavy atom. The van der Waals surface area contributed by atoms with Crippen molar-refractivity contribution in [1.29, 1.82) is 0 Å². The van der Waals surface area contributed by atoms with Crippen molar-refractivity contribution in [2.24, 2.45) is 11.8 Å². The van der Waals surface area contributed by atoms with Crippen LogP contribution in [0.1, 0.15) is 44.6 Å². The van der Waals surface area contributed by atoms with Gasteiger partial charge in [-0.2, -0.15) is 0 Å². The number of imide groups is 1. The summed E-state index contributed by atoms with van der Waals surface area (Å²) in [5, 5.41) is 2.77. The summed E-state index contributed by atoms with van der Waals surface area (Å²) in [7, 11) is 0. The molecule has 3 rings (SSSR count). The summed E-state index contributed by atoms with van der Waals surface area (Å²) < 4.78 is 0. The summed E-state index contributed by atoms with van der Waals surface area (Å²) in [5.41, 5.74) is 1.90. The van der Waals surface area contributed by atoms with E-state index in [-0.39, 0.29) is 36.1 Å². The average Bonchev–Trinajstić information content (AvgIpc) is 2.87. The fraction of sp³-hybridized carbons (Fsp3) is 0.450. The number of carbonyl (C=O) groups is 3. The highest BCUT2D eigenvalue weighted by atomic mass is 16.2. The molecule has 1 aromatic rings. The van der Waals surface area contributed by atoms with Gasteiger partial charge in [-0.1, -0.05) is 38.1 Å². The van der Waals surface area contributed by atoms with Gasteiger partial charge in [-0.05, 0) is 42.9 Å². The molecule has 0 radical (unpaired) electrons. The largest absolute Gasteiger partial charge is 0.325 e. The van der Waals surface area contributed by atoms with Crippen LogP contribution in [0.3, 0.4) is 0 Å². The van der Waals surface area contributed by atoms with E-state index in [9.17, 15) is 14.4 Å². The Morgan fingerprint density at radius 1 is 1.12 bits per heavy atom. The molecule has 0 bridgehead atoms. The molecular weight excluding hydrogens is 316 g/mol. The fourth-order valence-corrected chi connectivity index (χ4v) is 3.50. The molecular formula is C20H24N2O3. The first-order valence-electron chi connectivity index (χ1n) is 8.91. The number of hydrogen-bond donors (Lipinski definition) is 1. The summed E-state index contributed by atoms with van der Waals surface area (Å²) in [6, 6.07) is 7.71. The van der Waals surface area contributed by atoms with E-state index in [2.05, 4.69) is 19.2 Å². The Morgan fingerprint density at radius 3 is 2.20 bits per heavy atom. The molecule has 5 heteroatoms. The Bertz CT molecular complexity index is 682. The van der Waals surface area contributed by atoms with Crippen molar-refractivity contribution in [2.75, 3.05) is 11.9 Å². The van der Waals surface area contributed by atoms with Crippen molar-refractivity contribution in [3.05, 3.63) is 42.0 Å². The van der Waals surface area contributed by atoms with Gasteiger partial charge in [0.05, 0.1) is 11.8 Å². The summed E-state index contributed by atoms with van der Waals surface area (Å²) in [6.45, 7) is 4.09. The molecule has 3 amide bonds. The first-order chi connectivity index (χ1) is 12.0. The van der Waals surface area contributed by atoms with Crippen molar-refractivity contribution >= 4 is 23.4 Å². The molecule has 1 aromatic carbocycles. The molecule has 1 fully saturated rings. The highest BCUT2D eigenvalue weighted by Gasteiger charge is 2.47. The quantitative estimate of drug-likeness (QED) is 0.662. The molecule has 0 spiro atoms. The van der Waals surface area contributed by atoms with Gasteiger partial charge in [-0.15, -0.1) is 0 Å². The lowest BCUT2D eigenvalue weighted by atomic mass is 9.85. The van der Waals surface area contributed by atoms with E-state index in [1.807, 2.05) is 36.4 Å². The van der Waals surface area contributed by atoms with Crippen LogP contribution < -0.4 is 5.32 Å². The van der Waals surface area contributed by atoms with E-state index in [4.69, 9.17) is 0 Å². The van der Waals surface area contributed by atoms with Crippen LogP contribution in [-0.4, -0.2) is 29.2 Å². The molecule has 132 valence electrons. The Hall–Kier alpha value is -2.43. The minimum absolute atomic E-state index is 0.211. The zero-order valence-corrected chi connectivity index (χ0v) is 14.7. The highest BCUT2D eigenvalue weighted by molar-refractivity contribution is 6.08. The highest BCUT2D eigenvalue weighted by Crippen LogP contribution is 2.34. The third kappa shape index (κ3) is 3.50. The summed E-state index contributed by atoms with van der Waals surface area (Å²) in [5.74, 6) is -0.894. The van der Waals surface area contributed by atoms with Gasteiger partial charge in [0.2, 0.25) is 17.7 Å². The van der Waals surface area contributed by atoms with Crippen molar-refractivity contribution in [3.63, 3.8) is 0 Å². The van der Waals surface area contributed by atoms with E-state index in [1.165, 1.54) is 5.56 Å². The number of nitrogens with one attached hydrogen (secondary N) is 1. The molecule has 2 aliphatic rings. The van der Waals surface area contributed by atoms with Crippen molar-refractivity contribution in [3.8, 4) is 0 Å². The van der Waals surface area contributed by atoms with Crippen LogP contribution in [0.15, 0.2) is 36.4 Å². The zero-order chi connectivity index (χ0) is 18.0. The van der Waals surface area contributed by atoms with Crippen LogP contribution in [-0.2, 0) is 14.4 Å². The number of carbonyl (C=O) groups excluding carboxylic acids is 3. The molecule has 5 nitrogen and oxygen atoms in total. The molecule has 1 heterocycles. The predicted molar refractivity (Wildman–Crippen MR) is 95.9 cm³/mol. The van der Waals surface area contributed by atoms with E-state index >= 15 is 0 Å². The Labute approximate surface area is 148 Å². The van der Waals surface area contributed by atoms with Crippen molar-refractivity contribution in [2.45, 2.75) is 39.0 Å². The normalized spacial score (nSPS) is 23.5. The monoisotopic (exact) mass is 340 g/mol. The fourth-order valence-electron chi connectivity index (χ4n) is 3.50. The number of likely N-dealkylation sites (tertiary alicyclic amines) is 1. The number of anilines is 1. The Balaban J connectivity index is 1.61. The van der Waals surface area contributed by atoms with Gasteiger partial charge >= 0.3 is 0 Å². The summed E-state index contributed by atoms with van der Waals surface area (Å²) in [4.78, 5) is 38.1. The van der Waals surface area contributed by atoms with Crippen LogP contribution in [0.25, 0.3) is 0 Å². The van der Waals surface area contributed by atoms with Crippen LogP contribution in [0.2, 0.25) is 0 Å². The maximum absolute atomic E-state index is 12.4. The Kier molecular flexibility index (Phi) is 5.02. The molecule has 3 atom stereocenters. The molecule has 1 saturated heterocycles. The van der Waals surface area contributed by atoms with Gasteiger partial charge in [-0.3, -0.25) is 19.3 Å². The molecule has 25 heavy (non-hydrogen) atoms. The van der Waals surface area contributed by atoms with E-state index in [1.54, 1.807) is 0 Å². The van der Waals surface area contributed by atoms with Gasteiger partial charge < -0.3 is 5.32 Å². The average molecular weight is 340 g/mol. The van der Waals surface area contributed by atoms with Gasteiger partial charge in [0, 0.05) is 5.69 Å². The van der Waals surface area contributed by atoms with E-state index < -0.39 is 0 Å². The van der Waals surface area contributed by atoms with Gasteiger partial charge in [-0.25, -0.2) is 0 Å². The minimum Gasteiger partial charge on any atom is -0.325 e. The smallest absolute Gasteiger partial charge is 0.244 e. The van der Waals surface area contributed by atoms with Gasteiger partial charge in [0.15, 0.2) is 0 Å². The first-order valence-corrected chi connectivity index (χ1v) is 8.91. The number of fused-ring (bicyclic) bond motifs is 1. The molecule has 1 aliphatic heterocycles. The molecule has 0 aromatic heterocycles. The summed E-state index contributed by atoms with van der Waals surface area (Å²) >= 11 is 0. The number of rotatable bonds is 5. The number of allylic oxidation sites excluding steroid dienone is 2. The lowest BCUT2D eigenvalue weighted by molar-refractivity contribution is -0.142. The molecule has 1 aliphatic carbocycles. The molecule has 1 N–H and O–H groups in total. The lowest BCUT2D eigenvalue weighted by Gasteiger charge is -2.15. The number of amides is 3. The lowest BCUT2D eigenvalue weighted by Crippen LogP contribution is -2.38. The third-order valence-electron chi connectivity index (χ3n) is 5.28. The van der Waals surface area contributed by atoms with Crippen LogP contribution in [0, 0.1) is 11.8 Å². The number of benzene rings is 1. The number of hydrogen-bond acceptors (Lipinski definition) is 3.